The summed E-state index contributed by atoms with van der Waals surface area (Å²) >= 11 is 0. The van der Waals surface area contributed by atoms with Crippen molar-refractivity contribution in [2.24, 2.45) is 11.8 Å². The molecule has 0 bridgehead atoms. The number of carbonyl (C=O) groups excluding carboxylic acids is 2. The standard InChI is InChI=1S/C21H31NO4/c1-14(2)17-10-7-8-12-19(17)26-15(3)20(23)22-13-16-9-5-6-11-18(16)21(24)25-4/h7-8,10,12,14-16,18H,5-6,9,11,13H2,1-4H3,(H,22,23). The number of carbonyl (C=O) groups is 2. The lowest BCUT2D eigenvalue weighted by molar-refractivity contribution is -0.149. The zero-order valence-electron chi connectivity index (χ0n) is 16.3. The highest BCUT2D eigenvalue weighted by atomic mass is 16.5. The summed E-state index contributed by atoms with van der Waals surface area (Å²) in [5.74, 6) is 0.763. The average molecular weight is 361 g/mol. The van der Waals surface area contributed by atoms with Gasteiger partial charge in [-0.05, 0) is 43.2 Å². The molecule has 1 saturated carbocycles. The first kappa shape index (κ1) is 20.3. The molecule has 0 aromatic heterocycles. The first-order chi connectivity index (χ1) is 12.4. The van der Waals surface area contributed by atoms with Crippen molar-refractivity contribution in [2.75, 3.05) is 13.7 Å². The maximum Gasteiger partial charge on any atom is 0.309 e. The molecule has 1 aliphatic carbocycles. The third-order valence-electron chi connectivity index (χ3n) is 5.17. The molecule has 144 valence electrons. The number of hydrogen-bond acceptors (Lipinski definition) is 4. The minimum Gasteiger partial charge on any atom is -0.481 e. The van der Waals surface area contributed by atoms with Gasteiger partial charge in [0.05, 0.1) is 13.0 Å². The second-order valence-corrected chi connectivity index (χ2v) is 7.37. The molecule has 2 rings (SSSR count). The van der Waals surface area contributed by atoms with Crippen LogP contribution in [0.3, 0.4) is 0 Å². The van der Waals surface area contributed by atoms with Gasteiger partial charge in [-0.1, -0.05) is 44.9 Å². The monoisotopic (exact) mass is 361 g/mol. The largest absolute Gasteiger partial charge is 0.481 e. The smallest absolute Gasteiger partial charge is 0.309 e. The first-order valence-corrected chi connectivity index (χ1v) is 9.55. The topological polar surface area (TPSA) is 64.6 Å². The van der Waals surface area contributed by atoms with Crippen LogP contribution in [-0.2, 0) is 14.3 Å². The number of para-hydroxylation sites is 1. The van der Waals surface area contributed by atoms with Crippen LogP contribution in [0.5, 0.6) is 5.75 Å². The van der Waals surface area contributed by atoms with Crippen LogP contribution in [0.25, 0.3) is 0 Å². The second-order valence-electron chi connectivity index (χ2n) is 7.37. The van der Waals surface area contributed by atoms with Crippen molar-refractivity contribution >= 4 is 11.9 Å². The fourth-order valence-corrected chi connectivity index (χ4v) is 3.60. The predicted molar refractivity (Wildman–Crippen MR) is 101 cm³/mol. The van der Waals surface area contributed by atoms with Crippen LogP contribution >= 0.6 is 0 Å². The molecule has 0 heterocycles. The Kier molecular flexibility index (Phi) is 7.49. The summed E-state index contributed by atoms with van der Waals surface area (Å²) in [6.45, 7) is 6.44. The quantitative estimate of drug-likeness (QED) is 0.753. The van der Waals surface area contributed by atoms with Gasteiger partial charge in [0.2, 0.25) is 0 Å². The van der Waals surface area contributed by atoms with E-state index in [-0.39, 0.29) is 23.7 Å². The summed E-state index contributed by atoms with van der Waals surface area (Å²) in [7, 11) is 1.43. The first-order valence-electron chi connectivity index (χ1n) is 9.55. The second kappa shape index (κ2) is 9.60. The Morgan fingerprint density at radius 3 is 2.54 bits per heavy atom. The SMILES string of the molecule is COC(=O)C1CCCCC1CNC(=O)C(C)Oc1ccccc1C(C)C. The Hall–Kier alpha value is -2.04. The van der Waals surface area contributed by atoms with E-state index in [1.165, 1.54) is 7.11 Å². The number of amides is 1. The molecule has 26 heavy (non-hydrogen) atoms. The van der Waals surface area contributed by atoms with Crippen LogP contribution in [0.4, 0.5) is 0 Å². The van der Waals surface area contributed by atoms with Crippen molar-refractivity contribution in [1.29, 1.82) is 0 Å². The van der Waals surface area contributed by atoms with Crippen LogP contribution < -0.4 is 10.1 Å². The summed E-state index contributed by atoms with van der Waals surface area (Å²) in [5.41, 5.74) is 1.09. The molecule has 3 unspecified atom stereocenters. The van der Waals surface area contributed by atoms with Crippen LogP contribution in [0.1, 0.15) is 57.9 Å². The maximum atomic E-state index is 12.5. The van der Waals surface area contributed by atoms with E-state index in [1.54, 1.807) is 6.92 Å². The molecule has 1 N–H and O–H groups in total. The van der Waals surface area contributed by atoms with Crippen molar-refractivity contribution in [3.63, 3.8) is 0 Å². The summed E-state index contributed by atoms with van der Waals surface area (Å²) in [4.78, 5) is 24.4. The minimum atomic E-state index is -0.588. The van der Waals surface area contributed by atoms with Crippen molar-refractivity contribution < 1.29 is 19.1 Å². The van der Waals surface area contributed by atoms with Gasteiger partial charge in [0.15, 0.2) is 6.10 Å². The zero-order chi connectivity index (χ0) is 19.1. The number of methoxy groups -OCH3 is 1. The molecular weight excluding hydrogens is 330 g/mol. The van der Waals surface area contributed by atoms with Gasteiger partial charge >= 0.3 is 5.97 Å². The molecule has 1 aromatic carbocycles. The molecule has 1 fully saturated rings. The summed E-state index contributed by atoms with van der Waals surface area (Å²) in [6, 6.07) is 7.80. The Labute approximate surface area is 156 Å². The normalized spacial score (nSPS) is 21.1. The van der Waals surface area contributed by atoms with Gasteiger partial charge < -0.3 is 14.8 Å². The molecule has 5 heteroatoms. The molecule has 0 saturated heterocycles. The average Bonchev–Trinajstić information content (AvgIpc) is 2.65. The Balaban J connectivity index is 1.92. The van der Waals surface area contributed by atoms with Gasteiger partial charge in [-0.25, -0.2) is 0 Å². The van der Waals surface area contributed by atoms with Gasteiger partial charge in [0, 0.05) is 6.54 Å². The van der Waals surface area contributed by atoms with E-state index in [9.17, 15) is 9.59 Å². The van der Waals surface area contributed by atoms with E-state index < -0.39 is 6.10 Å². The molecule has 1 amide bonds. The molecule has 0 radical (unpaired) electrons. The fraction of sp³-hybridized carbons (Fsp3) is 0.619. The number of benzene rings is 1. The lowest BCUT2D eigenvalue weighted by Gasteiger charge is -2.30. The van der Waals surface area contributed by atoms with E-state index in [0.717, 1.165) is 37.0 Å². The van der Waals surface area contributed by atoms with Crippen LogP contribution in [-0.4, -0.2) is 31.6 Å². The van der Waals surface area contributed by atoms with E-state index in [2.05, 4.69) is 19.2 Å². The van der Waals surface area contributed by atoms with Crippen molar-refractivity contribution in [3.05, 3.63) is 29.8 Å². The summed E-state index contributed by atoms with van der Waals surface area (Å²) in [6.07, 6.45) is 3.31. The van der Waals surface area contributed by atoms with Gasteiger partial charge in [-0.2, -0.15) is 0 Å². The predicted octanol–water partition coefficient (Wildman–Crippen LogP) is 3.67. The molecule has 1 aliphatic rings. The van der Waals surface area contributed by atoms with E-state index in [1.807, 2.05) is 24.3 Å². The maximum absolute atomic E-state index is 12.5. The number of esters is 1. The Morgan fingerprint density at radius 1 is 1.15 bits per heavy atom. The van der Waals surface area contributed by atoms with Gasteiger partial charge in [-0.3, -0.25) is 9.59 Å². The van der Waals surface area contributed by atoms with Crippen LogP contribution in [0, 0.1) is 11.8 Å². The number of rotatable bonds is 7. The van der Waals surface area contributed by atoms with Gasteiger partial charge in [0.25, 0.3) is 5.91 Å². The minimum absolute atomic E-state index is 0.119. The third-order valence-corrected chi connectivity index (χ3v) is 5.17. The zero-order valence-corrected chi connectivity index (χ0v) is 16.3. The highest BCUT2D eigenvalue weighted by Gasteiger charge is 2.32. The molecule has 0 spiro atoms. The summed E-state index contributed by atoms with van der Waals surface area (Å²) in [5, 5.41) is 2.96. The number of ether oxygens (including phenoxy) is 2. The molecule has 0 aliphatic heterocycles. The van der Waals surface area contributed by atoms with Crippen molar-refractivity contribution in [1.82, 2.24) is 5.32 Å². The molecular formula is C21H31NO4. The van der Waals surface area contributed by atoms with E-state index in [4.69, 9.17) is 9.47 Å². The molecule has 5 nitrogen and oxygen atoms in total. The Morgan fingerprint density at radius 2 is 1.85 bits per heavy atom. The van der Waals surface area contributed by atoms with Crippen molar-refractivity contribution in [2.45, 2.75) is 58.5 Å². The highest BCUT2D eigenvalue weighted by molar-refractivity contribution is 5.81. The third kappa shape index (κ3) is 5.23. The highest BCUT2D eigenvalue weighted by Crippen LogP contribution is 2.30. The van der Waals surface area contributed by atoms with Crippen LogP contribution in [0.2, 0.25) is 0 Å². The van der Waals surface area contributed by atoms with Crippen molar-refractivity contribution in [3.8, 4) is 5.75 Å². The van der Waals surface area contributed by atoms with E-state index >= 15 is 0 Å². The van der Waals surface area contributed by atoms with Gasteiger partial charge in [-0.15, -0.1) is 0 Å². The molecule has 3 atom stereocenters. The molecule has 1 aromatic rings. The Bertz CT molecular complexity index is 614. The summed E-state index contributed by atoms with van der Waals surface area (Å²) < 4.78 is 10.8. The fourth-order valence-electron chi connectivity index (χ4n) is 3.60. The lowest BCUT2D eigenvalue weighted by atomic mass is 9.79. The van der Waals surface area contributed by atoms with Crippen LogP contribution in [0.15, 0.2) is 24.3 Å². The van der Waals surface area contributed by atoms with Gasteiger partial charge in [0.1, 0.15) is 5.75 Å². The lowest BCUT2D eigenvalue weighted by Crippen LogP contribution is -2.42. The van der Waals surface area contributed by atoms with E-state index in [0.29, 0.717) is 12.5 Å². The number of hydrogen-bond donors (Lipinski definition) is 1. The number of nitrogens with one attached hydrogen (secondary N) is 1.